The fourth-order valence-electron chi connectivity index (χ4n) is 1.40. The molecule has 5 heteroatoms. The van der Waals surface area contributed by atoms with Gasteiger partial charge in [-0.05, 0) is 13.3 Å². The Kier molecular flexibility index (Phi) is 3.11. The Morgan fingerprint density at radius 3 is 2.50 bits per heavy atom. The van der Waals surface area contributed by atoms with E-state index in [1.807, 2.05) is 6.92 Å². The number of hydrogen-bond donors (Lipinski definition) is 1. The molecule has 0 bridgehead atoms. The van der Waals surface area contributed by atoms with Crippen molar-refractivity contribution in [3.8, 4) is 0 Å². The van der Waals surface area contributed by atoms with E-state index in [0.717, 1.165) is 0 Å². The quantitative estimate of drug-likeness (QED) is 0.774. The lowest BCUT2D eigenvalue weighted by molar-refractivity contribution is -0.141. The Morgan fingerprint density at radius 1 is 1.50 bits per heavy atom. The third-order valence-electron chi connectivity index (χ3n) is 2.22. The second-order valence-corrected chi connectivity index (χ2v) is 3.04. The highest BCUT2D eigenvalue weighted by Gasteiger charge is 2.19. The van der Waals surface area contributed by atoms with Gasteiger partial charge in [0, 0.05) is 18.9 Å². The Hall–Kier alpha value is -1.52. The number of carbonyl (C=O) groups is 1. The minimum Gasteiger partial charge on any atom is -0.480 e. The van der Waals surface area contributed by atoms with Gasteiger partial charge in [0.1, 0.15) is 6.04 Å². The number of aromatic nitrogens is 2. The summed E-state index contributed by atoms with van der Waals surface area (Å²) in [5.41, 5.74) is -0.262. The molecule has 1 N–H and O–H groups in total. The van der Waals surface area contributed by atoms with Gasteiger partial charge in [-0.2, -0.15) is 0 Å². The fourth-order valence-corrected chi connectivity index (χ4v) is 1.40. The first kappa shape index (κ1) is 10.6. The lowest BCUT2D eigenvalue weighted by Gasteiger charge is -2.09. The maximum Gasteiger partial charge on any atom is 0.328 e. The van der Waals surface area contributed by atoms with Gasteiger partial charge in [0.15, 0.2) is 0 Å². The zero-order chi connectivity index (χ0) is 10.7. The van der Waals surface area contributed by atoms with E-state index in [9.17, 15) is 9.59 Å². The van der Waals surface area contributed by atoms with Gasteiger partial charge < -0.3 is 5.11 Å². The Morgan fingerprint density at radius 2 is 2.14 bits per heavy atom. The van der Waals surface area contributed by atoms with Crippen LogP contribution < -0.4 is 5.69 Å². The molecule has 0 radical (unpaired) electrons. The monoisotopic (exact) mass is 198 g/mol. The Labute approximate surface area is 81.6 Å². The van der Waals surface area contributed by atoms with Gasteiger partial charge in [0.05, 0.1) is 0 Å². The molecular formula is C9H14N2O3. The predicted molar refractivity (Wildman–Crippen MR) is 51.3 cm³/mol. The van der Waals surface area contributed by atoms with Crippen molar-refractivity contribution in [1.29, 1.82) is 0 Å². The maximum atomic E-state index is 11.6. The number of aliphatic carboxylic acids is 1. The van der Waals surface area contributed by atoms with E-state index in [2.05, 4.69) is 0 Å². The third kappa shape index (κ3) is 1.71. The van der Waals surface area contributed by atoms with Crippen LogP contribution in [0.3, 0.4) is 0 Å². The highest BCUT2D eigenvalue weighted by atomic mass is 16.4. The molecule has 5 nitrogen and oxygen atoms in total. The van der Waals surface area contributed by atoms with Crippen LogP contribution >= 0.6 is 0 Å². The van der Waals surface area contributed by atoms with Gasteiger partial charge in [-0.25, -0.2) is 9.59 Å². The summed E-state index contributed by atoms with van der Waals surface area (Å²) in [7, 11) is 0. The van der Waals surface area contributed by atoms with Crippen molar-refractivity contribution in [3.05, 3.63) is 22.9 Å². The van der Waals surface area contributed by atoms with Crippen molar-refractivity contribution in [2.45, 2.75) is 32.9 Å². The molecule has 0 saturated carbocycles. The number of carboxylic acid groups (broad SMARTS) is 1. The van der Waals surface area contributed by atoms with Crippen molar-refractivity contribution in [1.82, 2.24) is 9.13 Å². The van der Waals surface area contributed by atoms with Crippen LogP contribution in [0.2, 0.25) is 0 Å². The second-order valence-electron chi connectivity index (χ2n) is 3.04. The summed E-state index contributed by atoms with van der Waals surface area (Å²) in [5, 5.41) is 8.86. The molecule has 0 aromatic carbocycles. The molecule has 1 aromatic heterocycles. The van der Waals surface area contributed by atoms with Gasteiger partial charge in [-0.1, -0.05) is 6.92 Å². The van der Waals surface area contributed by atoms with Crippen LogP contribution in [-0.2, 0) is 11.3 Å². The van der Waals surface area contributed by atoms with Crippen LogP contribution in [0, 0.1) is 0 Å². The number of carboxylic acids is 1. The van der Waals surface area contributed by atoms with E-state index in [-0.39, 0.29) is 5.69 Å². The minimum absolute atomic E-state index is 0.262. The first-order chi connectivity index (χ1) is 6.61. The molecule has 0 fully saturated rings. The van der Waals surface area contributed by atoms with Crippen LogP contribution in [0.25, 0.3) is 0 Å². The molecule has 1 atom stereocenters. The number of hydrogen-bond acceptors (Lipinski definition) is 2. The first-order valence-corrected chi connectivity index (χ1v) is 4.61. The molecule has 0 aliphatic carbocycles. The van der Waals surface area contributed by atoms with Crippen molar-refractivity contribution in [3.63, 3.8) is 0 Å². The summed E-state index contributed by atoms with van der Waals surface area (Å²) in [6.45, 7) is 4.14. The zero-order valence-corrected chi connectivity index (χ0v) is 8.30. The average Bonchev–Trinajstić information content (AvgIpc) is 2.49. The molecule has 0 aliphatic heterocycles. The lowest BCUT2D eigenvalue weighted by Crippen LogP contribution is -2.30. The van der Waals surface area contributed by atoms with Gasteiger partial charge in [0.25, 0.3) is 0 Å². The van der Waals surface area contributed by atoms with Crippen molar-refractivity contribution < 1.29 is 9.90 Å². The summed E-state index contributed by atoms with van der Waals surface area (Å²) >= 11 is 0. The van der Waals surface area contributed by atoms with E-state index in [4.69, 9.17) is 5.11 Å². The second kappa shape index (κ2) is 4.13. The van der Waals surface area contributed by atoms with E-state index in [1.165, 1.54) is 15.3 Å². The molecule has 1 heterocycles. The van der Waals surface area contributed by atoms with Gasteiger partial charge in [-0.3, -0.25) is 9.13 Å². The number of imidazole rings is 1. The SMILES string of the molecule is CCC(C(=O)O)n1ccn(CC)c1=O. The van der Waals surface area contributed by atoms with Gasteiger partial charge >= 0.3 is 11.7 Å². The van der Waals surface area contributed by atoms with Crippen molar-refractivity contribution in [2.24, 2.45) is 0 Å². The molecule has 0 amide bonds. The Balaban J connectivity index is 3.11. The molecule has 14 heavy (non-hydrogen) atoms. The van der Waals surface area contributed by atoms with E-state index in [0.29, 0.717) is 13.0 Å². The molecule has 0 saturated heterocycles. The van der Waals surface area contributed by atoms with Crippen LogP contribution in [0.1, 0.15) is 26.3 Å². The first-order valence-electron chi connectivity index (χ1n) is 4.61. The summed E-state index contributed by atoms with van der Waals surface area (Å²) < 4.78 is 2.73. The van der Waals surface area contributed by atoms with E-state index < -0.39 is 12.0 Å². The van der Waals surface area contributed by atoms with Gasteiger partial charge in [0.2, 0.25) is 0 Å². The highest BCUT2D eigenvalue weighted by Crippen LogP contribution is 2.08. The summed E-state index contributed by atoms with van der Waals surface area (Å²) in [6.07, 6.45) is 3.53. The summed E-state index contributed by atoms with van der Waals surface area (Å²) in [5.74, 6) is -0.969. The van der Waals surface area contributed by atoms with Crippen molar-refractivity contribution in [2.75, 3.05) is 0 Å². The molecular weight excluding hydrogens is 184 g/mol. The number of nitrogens with zero attached hydrogens (tertiary/aromatic N) is 2. The molecule has 0 aliphatic rings. The van der Waals surface area contributed by atoms with Gasteiger partial charge in [-0.15, -0.1) is 0 Å². The fraction of sp³-hybridized carbons (Fsp3) is 0.556. The van der Waals surface area contributed by atoms with Crippen LogP contribution in [-0.4, -0.2) is 20.2 Å². The largest absolute Gasteiger partial charge is 0.480 e. The van der Waals surface area contributed by atoms with E-state index in [1.54, 1.807) is 13.1 Å². The van der Waals surface area contributed by atoms with Crippen LogP contribution in [0.15, 0.2) is 17.2 Å². The molecule has 1 aromatic rings. The normalized spacial score (nSPS) is 12.7. The van der Waals surface area contributed by atoms with Crippen LogP contribution in [0.5, 0.6) is 0 Å². The summed E-state index contributed by atoms with van der Waals surface area (Å²) in [4.78, 5) is 22.4. The number of aryl methyl sites for hydroxylation is 1. The third-order valence-corrected chi connectivity index (χ3v) is 2.22. The Bertz CT molecular complexity index is 378. The zero-order valence-electron chi connectivity index (χ0n) is 8.30. The molecule has 78 valence electrons. The highest BCUT2D eigenvalue weighted by molar-refractivity contribution is 5.71. The molecule has 1 rings (SSSR count). The standard InChI is InChI=1S/C9H14N2O3/c1-3-7(8(12)13)11-6-5-10(4-2)9(11)14/h5-7H,3-4H2,1-2H3,(H,12,13). The van der Waals surface area contributed by atoms with E-state index >= 15 is 0 Å². The minimum atomic E-state index is -0.969. The average molecular weight is 198 g/mol. The van der Waals surface area contributed by atoms with Crippen molar-refractivity contribution >= 4 is 5.97 Å². The summed E-state index contributed by atoms with van der Waals surface area (Å²) in [6, 6.07) is -0.754. The lowest BCUT2D eigenvalue weighted by atomic mass is 10.2. The maximum absolute atomic E-state index is 11.6. The predicted octanol–water partition coefficient (Wildman–Crippen LogP) is 0.705. The molecule has 1 unspecified atom stereocenters. The van der Waals surface area contributed by atoms with Crippen LogP contribution in [0.4, 0.5) is 0 Å². The molecule has 0 spiro atoms. The smallest absolute Gasteiger partial charge is 0.328 e. The topological polar surface area (TPSA) is 64.2 Å². The number of rotatable bonds is 4.